The summed E-state index contributed by atoms with van der Waals surface area (Å²) in [7, 11) is 0. The van der Waals surface area contributed by atoms with E-state index in [0.29, 0.717) is 51.6 Å². The summed E-state index contributed by atoms with van der Waals surface area (Å²) in [6, 6.07) is 15.5. The van der Waals surface area contributed by atoms with Gasteiger partial charge >= 0.3 is 57.4 Å². The van der Waals surface area contributed by atoms with Crippen molar-refractivity contribution in [2.75, 3.05) is 13.6 Å². The topological polar surface area (TPSA) is 123 Å². The van der Waals surface area contributed by atoms with Crippen LogP contribution in [0.5, 0.6) is 46.0 Å². The molecule has 160 valence electrons. The number of carbonyl (C=O) groups is 1. The Morgan fingerprint density at radius 2 is 1.47 bits per heavy atom. The van der Waals surface area contributed by atoms with Crippen LogP contribution in [0.25, 0.3) is 0 Å². The maximum Gasteiger partial charge on any atom is 1.00 e. The molecule has 32 heavy (non-hydrogen) atoms. The van der Waals surface area contributed by atoms with Gasteiger partial charge in [0.15, 0.2) is 23.0 Å². The zero-order chi connectivity index (χ0) is 20.5. The molecule has 0 saturated carbocycles. The number of rotatable bonds is 6. The standard InChI is InChI=1S/C22H16O8.K.H2O/c23-21(24)10-14-15(29-13-7-8-17-20(9-13)27-11-25-17)3-1-4-16(14)30-19-6-2-5-18-22(19)28-12-26-18;;/h1-9H,10-12H2,(H,23,24);;1H2/q;+1;/p-1. The molecule has 0 bridgehead atoms. The number of carboxylic acid groups (broad SMARTS) is 1. The van der Waals surface area contributed by atoms with Crippen LogP contribution >= 0.6 is 0 Å². The third-order valence-electron chi connectivity index (χ3n) is 4.57. The molecular formula is C22H17KO9. The van der Waals surface area contributed by atoms with E-state index in [0.717, 1.165) is 0 Å². The van der Waals surface area contributed by atoms with Gasteiger partial charge in [0.1, 0.15) is 17.2 Å². The summed E-state index contributed by atoms with van der Waals surface area (Å²) in [5.74, 6) is 2.85. The summed E-state index contributed by atoms with van der Waals surface area (Å²) in [5.41, 5.74) is 0.388. The quantitative estimate of drug-likeness (QED) is 0.536. The summed E-state index contributed by atoms with van der Waals surface area (Å²) in [5, 5.41) is 9.44. The van der Waals surface area contributed by atoms with Crippen molar-refractivity contribution in [3.63, 3.8) is 0 Å². The van der Waals surface area contributed by atoms with E-state index < -0.39 is 5.97 Å². The number of aliphatic carboxylic acids is 1. The molecule has 0 amide bonds. The summed E-state index contributed by atoms with van der Waals surface area (Å²) in [6.07, 6.45) is -0.289. The second-order valence-electron chi connectivity index (χ2n) is 6.51. The molecule has 3 aromatic carbocycles. The van der Waals surface area contributed by atoms with Crippen LogP contribution in [0.2, 0.25) is 0 Å². The molecule has 10 heteroatoms. The Labute approximate surface area is 225 Å². The molecule has 2 N–H and O–H groups in total. The van der Waals surface area contributed by atoms with Crippen molar-refractivity contribution in [1.29, 1.82) is 0 Å². The Bertz CT molecular complexity index is 1130. The third-order valence-corrected chi connectivity index (χ3v) is 4.57. The molecule has 0 radical (unpaired) electrons. The molecule has 0 unspecified atom stereocenters. The number of para-hydroxylation sites is 1. The van der Waals surface area contributed by atoms with Crippen molar-refractivity contribution in [3.8, 4) is 46.0 Å². The summed E-state index contributed by atoms with van der Waals surface area (Å²) < 4.78 is 33.5. The normalized spacial score (nSPS) is 12.4. The van der Waals surface area contributed by atoms with Crippen LogP contribution in [0.3, 0.4) is 0 Å². The summed E-state index contributed by atoms with van der Waals surface area (Å²) in [4.78, 5) is 11.5. The number of ether oxygens (including phenoxy) is 6. The summed E-state index contributed by atoms with van der Waals surface area (Å²) in [6.45, 7) is 0.254. The van der Waals surface area contributed by atoms with Crippen molar-refractivity contribution in [2.45, 2.75) is 6.42 Å². The first kappa shape index (κ1) is 24.2. The van der Waals surface area contributed by atoms with Crippen LogP contribution in [0.4, 0.5) is 0 Å². The van der Waals surface area contributed by atoms with Gasteiger partial charge in [-0.05, 0) is 36.4 Å². The average Bonchev–Trinajstić information content (AvgIpc) is 3.39. The first-order valence-corrected chi connectivity index (χ1v) is 9.15. The van der Waals surface area contributed by atoms with E-state index in [9.17, 15) is 9.90 Å². The Morgan fingerprint density at radius 3 is 2.28 bits per heavy atom. The van der Waals surface area contributed by atoms with Crippen molar-refractivity contribution in [3.05, 3.63) is 60.2 Å². The van der Waals surface area contributed by atoms with Crippen molar-refractivity contribution >= 4 is 5.97 Å². The Morgan fingerprint density at radius 1 is 0.812 bits per heavy atom. The van der Waals surface area contributed by atoms with E-state index in [-0.39, 0.29) is 76.9 Å². The minimum atomic E-state index is -1.01. The average molecular weight is 464 g/mol. The number of fused-ring (bicyclic) bond motifs is 2. The van der Waals surface area contributed by atoms with Crippen LogP contribution in [0.1, 0.15) is 5.56 Å². The molecule has 5 rings (SSSR count). The fourth-order valence-corrected chi connectivity index (χ4v) is 3.23. The molecule has 9 nitrogen and oxygen atoms in total. The van der Waals surface area contributed by atoms with Crippen molar-refractivity contribution in [2.24, 2.45) is 0 Å². The minimum Gasteiger partial charge on any atom is -0.870 e. The van der Waals surface area contributed by atoms with Crippen LogP contribution in [-0.4, -0.2) is 30.1 Å². The van der Waals surface area contributed by atoms with Gasteiger partial charge in [-0.3, -0.25) is 4.79 Å². The van der Waals surface area contributed by atoms with Gasteiger partial charge in [0.05, 0.1) is 6.42 Å². The number of hydrogen-bond donors (Lipinski definition) is 1. The van der Waals surface area contributed by atoms with E-state index in [1.54, 1.807) is 54.6 Å². The number of benzene rings is 3. The number of carboxylic acids is 1. The van der Waals surface area contributed by atoms with Gasteiger partial charge in [-0.15, -0.1) is 0 Å². The van der Waals surface area contributed by atoms with Gasteiger partial charge in [0, 0.05) is 11.6 Å². The van der Waals surface area contributed by atoms with Crippen LogP contribution in [-0.2, 0) is 11.2 Å². The second-order valence-corrected chi connectivity index (χ2v) is 6.51. The van der Waals surface area contributed by atoms with Crippen molar-refractivity contribution < 1.29 is 95.2 Å². The van der Waals surface area contributed by atoms with Crippen LogP contribution in [0, 0.1) is 0 Å². The van der Waals surface area contributed by atoms with E-state index in [4.69, 9.17) is 28.4 Å². The number of hydrogen-bond acceptors (Lipinski definition) is 8. The Hall–Kier alpha value is -2.47. The predicted molar refractivity (Wildman–Crippen MR) is 105 cm³/mol. The van der Waals surface area contributed by atoms with Crippen LogP contribution in [0.15, 0.2) is 54.6 Å². The largest absolute Gasteiger partial charge is 1.00 e. The molecule has 2 aliphatic rings. The van der Waals surface area contributed by atoms with Crippen LogP contribution < -0.4 is 79.8 Å². The Kier molecular flexibility index (Phi) is 7.88. The molecular weight excluding hydrogens is 447 g/mol. The zero-order valence-corrected chi connectivity index (χ0v) is 20.2. The zero-order valence-electron chi connectivity index (χ0n) is 17.1. The van der Waals surface area contributed by atoms with E-state index in [1.807, 2.05) is 0 Å². The molecule has 0 aliphatic carbocycles. The molecule has 3 aromatic rings. The molecule has 2 heterocycles. The third kappa shape index (κ3) is 4.95. The maximum atomic E-state index is 11.5. The molecule has 0 spiro atoms. The predicted octanol–water partition coefficient (Wildman–Crippen LogP) is 1.18. The molecule has 0 fully saturated rings. The van der Waals surface area contributed by atoms with E-state index in [2.05, 4.69) is 0 Å². The molecule has 0 atom stereocenters. The van der Waals surface area contributed by atoms with Gasteiger partial charge in [-0.25, -0.2) is 0 Å². The van der Waals surface area contributed by atoms with E-state index in [1.165, 1.54) is 0 Å². The van der Waals surface area contributed by atoms with Crippen molar-refractivity contribution in [1.82, 2.24) is 0 Å². The summed E-state index contributed by atoms with van der Waals surface area (Å²) >= 11 is 0. The maximum absolute atomic E-state index is 11.5. The molecule has 0 saturated heterocycles. The van der Waals surface area contributed by atoms with Gasteiger partial charge in [0.2, 0.25) is 19.3 Å². The first-order valence-electron chi connectivity index (χ1n) is 9.15. The smallest absolute Gasteiger partial charge is 0.870 e. The SMILES string of the molecule is O=C(O)Cc1c(Oc2ccc3c(c2)OCO3)cccc1Oc1cccc2c1OCO2.[K+].[OH-]. The monoisotopic (exact) mass is 464 g/mol. The molecule has 2 aliphatic heterocycles. The van der Waals surface area contributed by atoms with Gasteiger partial charge in [-0.1, -0.05) is 12.1 Å². The fourth-order valence-electron chi connectivity index (χ4n) is 3.23. The fraction of sp³-hybridized carbons (Fsp3) is 0.136. The van der Waals surface area contributed by atoms with Gasteiger partial charge in [-0.2, -0.15) is 0 Å². The van der Waals surface area contributed by atoms with Gasteiger partial charge in [0.25, 0.3) is 0 Å². The molecule has 0 aromatic heterocycles. The van der Waals surface area contributed by atoms with E-state index >= 15 is 0 Å². The minimum absolute atomic E-state index is 0. The Balaban J connectivity index is 0.00000144. The second kappa shape index (κ2) is 10.4. The van der Waals surface area contributed by atoms with Gasteiger partial charge < -0.3 is 39.0 Å². The first-order chi connectivity index (χ1) is 14.7.